The number of amides is 1. The molecule has 4 rings (SSSR count). The molecule has 5 N–H and O–H groups in total. The van der Waals surface area contributed by atoms with Crippen LogP contribution in [0.5, 0.6) is 0 Å². The number of fused-ring (bicyclic) bond motifs is 1. The Kier molecular flexibility index (Phi) is 7.85. The number of anilines is 2. The van der Waals surface area contributed by atoms with Crippen molar-refractivity contribution in [3.05, 3.63) is 58.0 Å². The Morgan fingerprint density at radius 1 is 1.19 bits per heavy atom. The summed E-state index contributed by atoms with van der Waals surface area (Å²) in [4.78, 5) is 36.6. The van der Waals surface area contributed by atoms with E-state index in [0.717, 1.165) is 31.5 Å². The van der Waals surface area contributed by atoms with Crippen molar-refractivity contribution in [3.8, 4) is 0 Å². The van der Waals surface area contributed by atoms with Gasteiger partial charge in [-0.3, -0.25) is 9.59 Å². The van der Waals surface area contributed by atoms with Gasteiger partial charge in [-0.1, -0.05) is 31.9 Å². The van der Waals surface area contributed by atoms with Crippen molar-refractivity contribution in [2.24, 2.45) is 0 Å². The number of nitrogens with one attached hydrogen (secondary N) is 2. The fourth-order valence-electron chi connectivity index (χ4n) is 4.45. The number of unbranched alkanes of at least 4 members (excludes halogenated alkanes) is 1. The van der Waals surface area contributed by atoms with Gasteiger partial charge in [-0.25, -0.2) is 4.98 Å². The van der Waals surface area contributed by atoms with Crippen LogP contribution in [-0.2, 0) is 6.54 Å². The van der Waals surface area contributed by atoms with Gasteiger partial charge in [0.1, 0.15) is 11.2 Å². The third-order valence-electron chi connectivity index (χ3n) is 6.65. The average molecular weight is 494 g/mol. The summed E-state index contributed by atoms with van der Waals surface area (Å²) in [6, 6.07) is 9.10. The largest absolute Gasteiger partial charge is 0.394 e. The Bertz CT molecular complexity index is 1270. The molecule has 1 amide bonds. The number of nitrogen functional groups attached to an aromatic ring is 1. The minimum Gasteiger partial charge on any atom is -0.394 e. The molecule has 3 heterocycles. The van der Waals surface area contributed by atoms with E-state index >= 15 is 0 Å². The normalized spacial score (nSPS) is 15.6. The highest BCUT2D eigenvalue weighted by molar-refractivity contribution is 5.94. The first-order valence-corrected chi connectivity index (χ1v) is 12.5. The molecule has 0 aliphatic carbocycles. The Morgan fingerprint density at radius 3 is 2.58 bits per heavy atom. The number of aliphatic hydroxyl groups is 1. The van der Waals surface area contributed by atoms with Crippen LogP contribution in [0.3, 0.4) is 0 Å². The molecule has 10 nitrogen and oxygen atoms in total. The highest BCUT2D eigenvalue weighted by Gasteiger charge is 2.25. The summed E-state index contributed by atoms with van der Waals surface area (Å²) in [7, 11) is 0. The number of nitrogens with two attached hydrogens (primary N) is 1. The van der Waals surface area contributed by atoms with Crippen molar-refractivity contribution in [2.75, 3.05) is 43.8 Å². The van der Waals surface area contributed by atoms with E-state index in [2.05, 4.69) is 27.5 Å². The Balaban J connectivity index is 1.60. The molecule has 1 saturated heterocycles. The molecular formula is C26H35N7O3. The van der Waals surface area contributed by atoms with E-state index in [1.54, 1.807) is 16.8 Å². The molecule has 0 bridgehead atoms. The Labute approximate surface area is 210 Å². The predicted octanol–water partition coefficient (Wildman–Crippen LogP) is 1.82. The molecule has 36 heavy (non-hydrogen) atoms. The molecule has 3 aromatic rings. The predicted molar refractivity (Wildman–Crippen MR) is 141 cm³/mol. The second-order valence-corrected chi connectivity index (χ2v) is 9.63. The van der Waals surface area contributed by atoms with E-state index in [1.807, 2.05) is 36.1 Å². The monoisotopic (exact) mass is 493 g/mol. The number of hydrogen-bond donors (Lipinski definition) is 4. The number of carbonyl (C=O) groups is 1. The Morgan fingerprint density at radius 2 is 1.92 bits per heavy atom. The SMILES string of the molecule is CCCC[C@](C)(CO)Nc1nc(N)nc2ccn(Cc3ccc(C(=O)N4CCNCC4)cc3)c(=O)c12. The van der Waals surface area contributed by atoms with E-state index in [4.69, 9.17) is 5.73 Å². The van der Waals surface area contributed by atoms with Gasteiger partial charge in [-0.15, -0.1) is 0 Å². The number of aromatic nitrogens is 3. The summed E-state index contributed by atoms with van der Waals surface area (Å²) in [6.45, 7) is 7.20. The van der Waals surface area contributed by atoms with Gasteiger partial charge in [0.25, 0.3) is 11.5 Å². The molecule has 192 valence electrons. The number of aliphatic hydroxyl groups excluding tert-OH is 1. The van der Waals surface area contributed by atoms with Crippen molar-refractivity contribution < 1.29 is 9.90 Å². The molecule has 1 aliphatic rings. The second kappa shape index (κ2) is 11.0. The van der Waals surface area contributed by atoms with E-state index in [9.17, 15) is 14.7 Å². The zero-order valence-corrected chi connectivity index (χ0v) is 21.0. The van der Waals surface area contributed by atoms with Crippen LogP contribution in [0.25, 0.3) is 10.9 Å². The number of hydrogen-bond acceptors (Lipinski definition) is 8. The maximum Gasteiger partial charge on any atom is 0.264 e. The van der Waals surface area contributed by atoms with Gasteiger partial charge in [-0.2, -0.15) is 4.98 Å². The summed E-state index contributed by atoms with van der Waals surface area (Å²) in [6.07, 6.45) is 4.30. The maximum absolute atomic E-state index is 13.5. The van der Waals surface area contributed by atoms with Gasteiger partial charge in [0, 0.05) is 37.9 Å². The van der Waals surface area contributed by atoms with Crippen LogP contribution in [0.15, 0.2) is 41.3 Å². The van der Waals surface area contributed by atoms with Gasteiger partial charge in [-0.05, 0) is 37.1 Å². The summed E-state index contributed by atoms with van der Waals surface area (Å²) in [5, 5.41) is 16.9. The Hall–Kier alpha value is -3.50. The quantitative estimate of drug-likeness (QED) is 0.354. The maximum atomic E-state index is 13.5. The van der Waals surface area contributed by atoms with Gasteiger partial charge < -0.3 is 30.9 Å². The number of benzene rings is 1. The fraction of sp³-hybridized carbons (Fsp3) is 0.462. The van der Waals surface area contributed by atoms with Crippen molar-refractivity contribution in [1.82, 2.24) is 24.8 Å². The number of carbonyl (C=O) groups excluding carboxylic acids is 1. The summed E-state index contributed by atoms with van der Waals surface area (Å²) in [5.74, 6) is 0.399. The van der Waals surface area contributed by atoms with Crippen molar-refractivity contribution in [1.29, 1.82) is 0 Å². The van der Waals surface area contributed by atoms with Crippen LogP contribution in [0.4, 0.5) is 11.8 Å². The fourth-order valence-corrected chi connectivity index (χ4v) is 4.45. The summed E-state index contributed by atoms with van der Waals surface area (Å²) < 4.78 is 1.59. The van der Waals surface area contributed by atoms with Crippen LogP contribution in [0.1, 0.15) is 49.0 Å². The third kappa shape index (κ3) is 5.66. The number of rotatable bonds is 9. The number of pyridine rings is 1. The highest BCUT2D eigenvalue weighted by atomic mass is 16.3. The molecule has 1 aromatic carbocycles. The van der Waals surface area contributed by atoms with Crippen LogP contribution in [-0.4, -0.2) is 68.8 Å². The molecule has 1 fully saturated rings. The molecule has 1 atom stereocenters. The summed E-state index contributed by atoms with van der Waals surface area (Å²) in [5.41, 5.74) is 6.99. The van der Waals surface area contributed by atoms with Gasteiger partial charge in [0.2, 0.25) is 5.95 Å². The summed E-state index contributed by atoms with van der Waals surface area (Å²) >= 11 is 0. The van der Waals surface area contributed by atoms with Crippen LogP contribution in [0, 0.1) is 0 Å². The smallest absolute Gasteiger partial charge is 0.264 e. The van der Waals surface area contributed by atoms with Crippen molar-refractivity contribution in [2.45, 2.75) is 45.2 Å². The molecule has 2 aromatic heterocycles. The van der Waals surface area contributed by atoms with E-state index < -0.39 is 5.54 Å². The lowest BCUT2D eigenvalue weighted by atomic mass is 9.95. The molecule has 0 radical (unpaired) electrons. The van der Waals surface area contributed by atoms with Crippen LogP contribution in [0.2, 0.25) is 0 Å². The van der Waals surface area contributed by atoms with Crippen molar-refractivity contribution in [3.63, 3.8) is 0 Å². The van der Waals surface area contributed by atoms with Crippen LogP contribution >= 0.6 is 0 Å². The number of piperazine rings is 1. The van der Waals surface area contributed by atoms with Crippen LogP contribution < -0.4 is 21.9 Å². The first-order chi connectivity index (χ1) is 17.3. The lowest BCUT2D eigenvalue weighted by Gasteiger charge is -2.29. The molecule has 1 aliphatic heterocycles. The highest BCUT2D eigenvalue weighted by Crippen LogP contribution is 2.24. The molecule has 0 unspecified atom stereocenters. The minimum absolute atomic E-state index is 0.0198. The van der Waals surface area contributed by atoms with E-state index in [0.29, 0.717) is 48.3 Å². The lowest BCUT2D eigenvalue weighted by Crippen LogP contribution is -2.46. The zero-order chi connectivity index (χ0) is 25.7. The molecule has 10 heteroatoms. The zero-order valence-electron chi connectivity index (χ0n) is 21.0. The lowest BCUT2D eigenvalue weighted by molar-refractivity contribution is 0.0736. The molecular weight excluding hydrogens is 458 g/mol. The minimum atomic E-state index is -0.649. The number of nitrogens with zero attached hydrogens (tertiary/aromatic N) is 4. The first-order valence-electron chi connectivity index (χ1n) is 12.5. The van der Waals surface area contributed by atoms with Gasteiger partial charge >= 0.3 is 0 Å². The second-order valence-electron chi connectivity index (χ2n) is 9.63. The molecule has 0 saturated carbocycles. The third-order valence-corrected chi connectivity index (χ3v) is 6.65. The first kappa shape index (κ1) is 25.6. The van der Waals surface area contributed by atoms with Gasteiger partial charge in [0.15, 0.2) is 0 Å². The standard InChI is InChI=1S/C26H35N7O3/c1-3-4-10-26(2,17-34)31-22-21-20(29-25(27)30-22)9-13-33(24(21)36)16-18-5-7-19(8-6-18)23(35)32-14-11-28-12-15-32/h5-9,13,28,34H,3-4,10-12,14-17H2,1-2H3,(H3,27,29,30,31)/t26-/m1/s1. The van der Waals surface area contributed by atoms with Crippen molar-refractivity contribution >= 4 is 28.6 Å². The average Bonchev–Trinajstić information content (AvgIpc) is 2.89. The molecule has 0 spiro atoms. The van der Waals surface area contributed by atoms with Gasteiger partial charge in [0.05, 0.1) is 24.2 Å². The van der Waals surface area contributed by atoms with E-state index in [1.165, 1.54) is 0 Å². The topological polar surface area (TPSA) is 138 Å². The van der Waals surface area contributed by atoms with E-state index in [-0.39, 0.29) is 24.0 Å².